The van der Waals surface area contributed by atoms with Gasteiger partial charge in [-0.2, -0.15) is 5.26 Å². The zero-order chi connectivity index (χ0) is 27.9. The highest BCUT2D eigenvalue weighted by molar-refractivity contribution is 6.35. The van der Waals surface area contributed by atoms with Gasteiger partial charge in [-0.1, -0.05) is 23.2 Å². The summed E-state index contributed by atoms with van der Waals surface area (Å²) in [5.74, 6) is 0.394. The van der Waals surface area contributed by atoms with E-state index < -0.39 is 11.9 Å². The zero-order valence-corrected chi connectivity index (χ0v) is 23.1. The molecule has 1 atom stereocenters. The second kappa shape index (κ2) is 10.6. The number of pyridine rings is 2. The normalized spacial score (nSPS) is 16.8. The Kier molecular flexibility index (Phi) is 7.38. The fraction of sp³-hybridized carbons (Fsp3) is 0.357. The lowest BCUT2D eigenvalue weighted by Gasteiger charge is -2.49. The van der Waals surface area contributed by atoms with Crippen molar-refractivity contribution in [1.82, 2.24) is 15.3 Å². The molecule has 202 valence electrons. The van der Waals surface area contributed by atoms with Gasteiger partial charge in [0.15, 0.2) is 11.6 Å². The number of aromatic nitrogens is 2. The van der Waals surface area contributed by atoms with Crippen molar-refractivity contribution in [3.63, 3.8) is 0 Å². The van der Waals surface area contributed by atoms with Crippen LogP contribution in [0.15, 0.2) is 36.8 Å². The van der Waals surface area contributed by atoms with Crippen molar-refractivity contribution in [2.75, 3.05) is 30.3 Å². The maximum atomic E-state index is 15.7. The first-order chi connectivity index (χ1) is 18.6. The molecular weight excluding hydrogens is 540 g/mol. The van der Waals surface area contributed by atoms with E-state index in [1.807, 2.05) is 4.90 Å². The molecule has 3 aromatic rings. The number of anilines is 2. The van der Waals surface area contributed by atoms with Gasteiger partial charge in [0.1, 0.15) is 18.0 Å². The number of nitrogens with two attached hydrogens (primary N) is 1. The Morgan fingerprint density at radius 3 is 2.64 bits per heavy atom. The molecule has 1 aliphatic carbocycles. The van der Waals surface area contributed by atoms with Crippen LogP contribution in [-0.4, -0.2) is 40.9 Å². The molecule has 1 saturated heterocycles. The summed E-state index contributed by atoms with van der Waals surface area (Å²) in [5.41, 5.74) is 6.80. The monoisotopic (exact) mass is 567 g/mol. The van der Waals surface area contributed by atoms with E-state index in [0.29, 0.717) is 16.9 Å². The van der Waals surface area contributed by atoms with Crippen LogP contribution in [0.2, 0.25) is 10.0 Å². The van der Waals surface area contributed by atoms with Gasteiger partial charge in [0.05, 0.1) is 32.4 Å². The molecule has 39 heavy (non-hydrogen) atoms. The number of benzene rings is 1. The van der Waals surface area contributed by atoms with Crippen molar-refractivity contribution in [2.45, 2.75) is 38.3 Å². The Balaban J connectivity index is 1.36. The predicted molar refractivity (Wildman–Crippen MR) is 150 cm³/mol. The van der Waals surface area contributed by atoms with Gasteiger partial charge in [-0.3, -0.25) is 10.4 Å². The van der Waals surface area contributed by atoms with E-state index in [-0.39, 0.29) is 43.9 Å². The summed E-state index contributed by atoms with van der Waals surface area (Å²) in [6.07, 6.45) is 6.19. The number of nitrogens with one attached hydrogen (secondary N) is 2. The van der Waals surface area contributed by atoms with E-state index in [1.54, 1.807) is 13.0 Å². The summed E-state index contributed by atoms with van der Waals surface area (Å²) in [7, 11) is 0. The number of nitrogen functional groups attached to an aromatic ring is 1. The van der Waals surface area contributed by atoms with Gasteiger partial charge in [-0.05, 0) is 57.4 Å². The molecule has 0 amide bonds. The summed E-state index contributed by atoms with van der Waals surface area (Å²) in [4.78, 5) is 10.4. The molecule has 8 nitrogen and oxygen atoms in total. The molecule has 4 N–H and O–H groups in total. The first-order valence-electron chi connectivity index (χ1n) is 12.6. The maximum absolute atomic E-state index is 15.7. The van der Waals surface area contributed by atoms with Crippen LogP contribution in [0.5, 0.6) is 5.75 Å². The summed E-state index contributed by atoms with van der Waals surface area (Å²) in [6.45, 7) is 6.31. The molecule has 2 fully saturated rings. The van der Waals surface area contributed by atoms with E-state index in [0.717, 1.165) is 25.6 Å². The Bertz CT molecular complexity index is 1460. The van der Waals surface area contributed by atoms with Crippen molar-refractivity contribution in [3.8, 4) is 11.8 Å². The van der Waals surface area contributed by atoms with Crippen molar-refractivity contribution in [3.05, 3.63) is 74.9 Å². The minimum atomic E-state index is -0.809. The zero-order valence-electron chi connectivity index (χ0n) is 21.6. The third kappa shape index (κ3) is 5.50. The molecular formula is C28H28Cl2FN7O. The van der Waals surface area contributed by atoms with E-state index in [9.17, 15) is 5.26 Å². The Morgan fingerprint density at radius 1 is 1.31 bits per heavy atom. The van der Waals surface area contributed by atoms with Gasteiger partial charge in [0, 0.05) is 48.5 Å². The maximum Gasteiger partial charge on any atom is 0.176 e. The number of hydrogen-bond donors (Lipinski definition) is 3. The fourth-order valence-corrected chi connectivity index (χ4v) is 5.49. The first kappa shape index (κ1) is 27.1. The Morgan fingerprint density at radius 2 is 2.00 bits per heavy atom. The predicted octanol–water partition coefficient (Wildman–Crippen LogP) is 5.51. The first-order valence-corrected chi connectivity index (χ1v) is 13.4. The Hall–Kier alpha value is -3.45. The number of ether oxygens (including phenoxy) is 1. The topological polar surface area (TPSA) is 124 Å². The quantitative estimate of drug-likeness (QED) is 0.230. The second-order valence-corrected chi connectivity index (χ2v) is 11.3. The minimum absolute atomic E-state index is 0.0255. The largest absolute Gasteiger partial charge is 0.483 e. The minimum Gasteiger partial charge on any atom is -0.483 e. The molecule has 5 rings (SSSR count). The molecule has 2 aliphatic rings. The standard InChI is InChI=1S/C28H28Cl2FN7O/c1-15(23-19(29)11-35-12-20(23)30)39-22-6-5-21(33)24(25(22)31)26(34)18-7-17(8-32)27(36-10-18)38-13-28(2,14-38)37-9-16-3-4-16/h5-7,10-12,15-16,34,37H,3-4,9,13-14,33H2,1-2H3/t15-/m1/s1. The average molecular weight is 568 g/mol. The molecule has 11 heteroatoms. The number of halogens is 3. The van der Waals surface area contributed by atoms with E-state index in [2.05, 4.69) is 28.3 Å². The number of nitriles is 1. The van der Waals surface area contributed by atoms with Gasteiger partial charge in [0.2, 0.25) is 0 Å². The van der Waals surface area contributed by atoms with Crippen molar-refractivity contribution in [1.29, 1.82) is 10.7 Å². The Labute approximate surface area is 236 Å². The van der Waals surface area contributed by atoms with Gasteiger partial charge < -0.3 is 20.7 Å². The highest BCUT2D eigenvalue weighted by atomic mass is 35.5. The van der Waals surface area contributed by atoms with Gasteiger partial charge >= 0.3 is 0 Å². The van der Waals surface area contributed by atoms with Crippen LogP contribution in [0, 0.1) is 28.5 Å². The molecule has 2 aromatic heterocycles. The summed E-state index contributed by atoms with van der Waals surface area (Å²) in [5, 5.41) is 22.8. The van der Waals surface area contributed by atoms with Crippen LogP contribution in [0.1, 0.15) is 55.0 Å². The molecule has 0 spiro atoms. The summed E-state index contributed by atoms with van der Waals surface area (Å²) >= 11 is 12.5. The molecule has 1 aromatic carbocycles. The SMILES string of the molecule is C[C@@H](Oc1ccc(N)c(C(=N)c2cnc(N3CC(C)(NCC4CC4)C3)c(C#N)c2)c1F)c1c(Cl)cncc1Cl. The van der Waals surface area contributed by atoms with E-state index in [1.165, 1.54) is 43.6 Å². The van der Waals surface area contributed by atoms with E-state index >= 15 is 4.39 Å². The van der Waals surface area contributed by atoms with Crippen LogP contribution in [-0.2, 0) is 0 Å². The second-order valence-electron chi connectivity index (χ2n) is 10.4. The summed E-state index contributed by atoms with van der Waals surface area (Å²) < 4.78 is 21.5. The average Bonchev–Trinajstić information content (AvgIpc) is 3.72. The van der Waals surface area contributed by atoms with E-state index in [4.69, 9.17) is 39.1 Å². The lowest BCUT2D eigenvalue weighted by atomic mass is 9.91. The van der Waals surface area contributed by atoms with Crippen LogP contribution in [0.4, 0.5) is 15.9 Å². The third-order valence-electron chi connectivity index (χ3n) is 7.16. The van der Waals surface area contributed by atoms with Gasteiger partial charge in [0.25, 0.3) is 0 Å². The molecule has 0 radical (unpaired) electrons. The van der Waals surface area contributed by atoms with Gasteiger partial charge in [-0.25, -0.2) is 9.37 Å². The van der Waals surface area contributed by atoms with Crippen molar-refractivity contribution < 1.29 is 9.13 Å². The number of hydrogen-bond acceptors (Lipinski definition) is 8. The molecule has 1 aliphatic heterocycles. The van der Waals surface area contributed by atoms with Crippen LogP contribution >= 0.6 is 23.2 Å². The van der Waals surface area contributed by atoms with Crippen molar-refractivity contribution in [2.24, 2.45) is 5.92 Å². The van der Waals surface area contributed by atoms with Gasteiger partial charge in [-0.15, -0.1) is 0 Å². The summed E-state index contributed by atoms with van der Waals surface area (Å²) in [6, 6.07) is 6.57. The van der Waals surface area contributed by atoms with Crippen LogP contribution < -0.4 is 20.7 Å². The molecule has 0 bridgehead atoms. The number of nitrogens with zero attached hydrogens (tertiary/aromatic N) is 4. The smallest absolute Gasteiger partial charge is 0.176 e. The number of rotatable bonds is 9. The molecule has 0 unspecified atom stereocenters. The van der Waals surface area contributed by atoms with Crippen LogP contribution in [0.3, 0.4) is 0 Å². The van der Waals surface area contributed by atoms with Crippen molar-refractivity contribution >= 4 is 40.4 Å². The third-order valence-corrected chi connectivity index (χ3v) is 7.76. The fourth-order valence-electron chi connectivity index (χ4n) is 4.82. The highest BCUT2D eigenvalue weighted by Gasteiger charge is 2.41. The highest BCUT2D eigenvalue weighted by Crippen LogP contribution is 2.36. The molecule has 3 heterocycles. The van der Waals surface area contributed by atoms with Crippen LogP contribution in [0.25, 0.3) is 0 Å². The lowest BCUT2D eigenvalue weighted by Crippen LogP contribution is -2.68. The lowest BCUT2D eigenvalue weighted by molar-refractivity contribution is 0.216. The molecule has 1 saturated carbocycles.